The van der Waals surface area contributed by atoms with Crippen LogP contribution in [-0.2, 0) is 18.8 Å². The third-order valence-corrected chi connectivity index (χ3v) is 12.8. The average molecular weight is 437 g/mol. The van der Waals surface area contributed by atoms with Gasteiger partial charge >= 0.3 is 0 Å². The zero-order valence-corrected chi connectivity index (χ0v) is 20.8. The Morgan fingerprint density at radius 2 is 1.73 bits per heavy atom. The van der Waals surface area contributed by atoms with Gasteiger partial charge < -0.3 is 9.74 Å². The van der Waals surface area contributed by atoms with Gasteiger partial charge in [0.05, 0.1) is 29.5 Å². The van der Waals surface area contributed by atoms with Crippen LogP contribution in [0.2, 0.25) is 18.1 Å². The molecule has 170 valence electrons. The van der Waals surface area contributed by atoms with Gasteiger partial charge in [-0.15, -0.1) is 0 Å². The molecule has 4 atom stereocenters. The van der Waals surface area contributed by atoms with Crippen molar-refractivity contribution in [3.8, 4) is 0 Å². The van der Waals surface area contributed by atoms with Gasteiger partial charge in [0.2, 0.25) is 17.7 Å². The standard InChI is InChI=1S/C23H40N2O4Si/c1-15(21(28)25-17(26)11-14-23(25)12-9-8-10-13-23)19-18(20(27)24-19)16(2)29-30(6,7)22(3,4)5/h15-16,18-19H,8-14H2,1-7H3,(H,24,27)/t15-,16-,18-,19+/m1/s1. The molecule has 0 radical (unpaired) electrons. The number of carbonyl (C=O) groups excluding carboxylic acids is 3. The summed E-state index contributed by atoms with van der Waals surface area (Å²) in [7, 11) is -2.03. The monoisotopic (exact) mass is 436 g/mol. The number of rotatable bonds is 5. The maximum atomic E-state index is 13.5. The van der Waals surface area contributed by atoms with Gasteiger partial charge in [-0.05, 0) is 44.3 Å². The number of imide groups is 1. The van der Waals surface area contributed by atoms with Gasteiger partial charge in [0.15, 0.2) is 8.32 Å². The van der Waals surface area contributed by atoms with E-state index in [0.717, 1.165) is 32.1 Å². The van der Waals surface area contributed by atoms with Crippen LogP contribution in [-0.4, -0.2) is 48.6 Å². The van der Waals surface area contributed by atoms with Gasteiger partial charge in [-0.25, -0.2) is 0 Å². The molecule has 0 aromatic rings. The third kappa shape index (κ3) is 3.99. The van der Waals surface area contributed by atoms with Crippen molar-refractivity contribution < 1.29 is 18.8 Å². The number of nitrogens with zero attached hydrogens (tertiary/aromatic N) is 1. The molecular weight excluding hydrogens is 396 g/mol. The highest BCUT2D eigenvalue weighted by Gasteiger charge is 2.55. The van der Waals surface area contributed by atoms with E-state index < -0.39 is 14.2 Å². The Labute approximate surface area is 182 Å². The zero-order valence-electron chi connectivity index (χ0n) is 19.8. The van der Waals surface area contributed by atoms with E-state index in [4.69, 9.17) is 4.43 Å². The van der Waals surface area contributed by atoms with Crippen LogP contribution in [0.1, 0.15) is 79.6 Å². The summed E-state index contributed by atoms with van der Waals surface area (Å²) in [6.07, 6.45) is 6.16. The van der Waals surface area contributed by atoms with Crippen molar-refractivity contribution in [1.82, 2.24) is 10.2 Å². The molecule has 2 heterocycles. The van der Waals surface area contributed by atoms with E-state index in [1.165, 1.54) is 6.42 Å². The SMILES string of the molecule is C[C@@H](O[Si](C)(C)C(C)(C)C)[C@H]1C(=O)N[C@H]1[C@@H](C)C(=O)N1C(=O)CCC12CCCCC2. The van der Waals surface area contributed by atoms with Crippen LogP contribution in [0.15, 0.2) is 0 Å². The van der Waals surface area contributed by atoms with Crippen LogP contribution in [0.5, 0.6) is 0 Å². The second-order valence-electron chi connectivity index (χ2n) is 11.3. The fourth-order valence-electron chi connectivity index (χ4n) is 5.30. The third-order valence-electron chi connectivity index (χ3n) is 8.25. The molecule has 6 nitrogen and oxygen atoms in total. The van der Waals surface area contributed by atoms with E-state index in [-0.39, 0.29) is 46.4 Å². The van der Waals surface area contributed by atoms with Gasteiger partial charge in [0, 0.05) is 6.42 Å². The molecule has 3 fully saturated rings. The Kier molecular flexibility index (Phi) is 6.29. The Morgan fingerprint density at radius 3 is 2.27 bits per heavy atom. The predicted octanol–water partition coefficient (Wildman–Crippen LogP) is 4.00. The predicted molar refractivity (Wildman–Crippen MR) is 119 cm³/mol. The Morgan fingerprint density at radius 1 is 1.13 bits per heavy atom. The first-order valence-corrected chi connectivity index (χ1v) is 14.6. The second kappa shape index (κ2) is 8.04. The molecule has 3 aliphatic rings. The quantitative estimate of drug-likeness (QED) is 0.522. The van der Waals surface area contributed by atoms with E-state index in [9.17, 15) is 14.4 Å². The summed E-state index contributed by atoms with van der Waals surface area (Å²) < 4.78 is 6.48. The number of nitrogens with one attached hydrogen (secondary N) is 1. The van der Waals surface area contributed by atoms with E-state index in [0.29, 0.717) is 6.42 Å². The van der Waals surface area contributed by atoms with Crippen LogP contribution >= 0.6 is 0 Å². The minimum Gasteiger partial charge on any atom is -0.413 e. The molecule has 0 aromatic carbocycles. The van der Waals surface area contributed by atoms with Crippen molar-refractivity contribution in [3.63, 3.8) is 0 Å². The highest BCUT2D eigenvalue weighted by atomic mass is 28.4. The lowest BCUT2D eigenvalue weighted by Gasteiger charge is -2.48. The molecule has 1 saturated carbocycles. The Bertz CT molecular complexity index is 708. The summed E-state index contributed by atoms with van der Waals surface area (Å²) in [5, 5.41) is 3.00. The molecule has 2 aliphatic heterocycles. The lowest BCUT2D eigenvalue weighted by Crippen LogP contribution is -2.68. The average Bonchev–Trinajstić information content (AvgIpc) is 2.93. The Balaban J connectivity index is 1.74. The number of hydrogen-bond donors (Lipinski definition) is 1. The number of amides is 3. The smallest absolute Gasteiger partial charge is 0.234 e. The highest BCUT2D eigenvalue weighted by molar-refractivity contribution is 6.74. The summed E-state index contributed by atoms with van der Waals surface area (Å²) in [6.45, 7) is 14.7. The van der Waals surface area contributed by atoms with E-state index >= 15 is 0 Å². The topological polar surface area (TPSA) is 75.7 Å². The number of likely N-dealkylation sites (tertiary alicyclic amines) is 1. The molecule has 1 spiro atoms. The summed E-state index contributed by atoms with van der Waals surface area (Å²) in [6, 6.07) is -0.279. The summed E-state index contributed by atoms with van der Waals surface area (Å²) in [4.78, 5) is 40.3. The zero-order chi connectivity index (χ0) is 22.5. The van der Waals surface area contributed by atoms with Crippen molar-refractivity contribution >= 4 is 26.0 Å². The molecule has 0 unspecified atom stereocenters. The Hall–Kier alpha value is -1.21. The van der Waals surface area contributed by atoms with Gasteiger partial charge in [-0.1, -0.05) is 47.0 Å². The molecule has 0 aromatic heterocycles. The maximum Gasteiger partial charge on any atom is 0.234 e. The normalized spacial score (nSPS) is 28.8. The fourth-order valence-corrected chi connectivity index (χ4v) is 6.73. The summed E-state index contributed by atoms with van der Waals surface area (Å²) in [5.41, 5.74) is -0.285. The number of hydrogen-bond acceptors (Lipinski definition) is 4. The van der Waals surface area contributed by atoms with Crippen molar-refractivity contribution in [1.29, 1.82) is 0 Å². The lowest BCUT2D eigenvalue weighted by atomic mass is 9.76. The number of carbonyl (C=O) groups is 3. The van der Waals surface area contributed by atoms with Crippen LogP contribution in [0.25, 0.3) is 0 Å². The largest absolute Gasteiger partial charge is 0.413 e. The van der Waals surface area contributed by atoms with Crippen LogP contribution in [0.3, 0.4) is 0 Å². The molecule has 2 saturated heterocycles. The molecule has 30 heavy (non-hydrogen) atoms. The van der Waals surface area contributed by atoms with E-state index in [1.807, 2.05) is 13.8 Å². The van der Waals surface area contributed by atoms with Gasteiger partial charge in [0.1, 0.15) is 0 Å². The molecule has 0 bridgehead atoms. The van der Waals surface area contributed by atoms with Crippen molar-refractivity contribution in [2.45, 2.75) is 115 Å². The molecule has 1 aliphatic carbocycles. The van der Waals surface area contributed by atoms with Gasteiger partial charge in [-0.3, -0.25) is 19.3 Å². The van der Waals surface area contributed by atoms with Crippen molar-refractivity contribution in [3.05, 3.63) is 0 Å². The van der Waals surface area contributed by atoms with Gasteiger partial charge in [-0.2, -0.15) is 0 Å². The first-order chi connectivity index (χ1) is 13.8. The summed E-state index contributed by atoms with van der Waals surface area (Å²) >= 11 is 0. The molecule has 7 heteroatoms. The number of β-lactam (4-membered cyclic amide) rings is 1. The lowest BCUT2D eigenvalue weighted by molar-refractivity contribution is -0.155. The van der Waals surface area contributed by atoms with Gasteiger partial charge in [0.25, 0.3) is 0 Å². The minimum atomic E-state index is -2.03. The molecule has 3 amide bonds. The maximum absolute atomic E-state index is 13.5. The summed E-state index contributed by atoms with van der Waals surface area (Å²) in [5.74, 6) is -0.987. The minimum absolute atomic E-state index is 0.0403. The molecular formula is C23H40N2O4Si. The van der Waals surface area contributed by atoms with Crippen LogP contribution < -0.4 is 5.32 Å². The second-order valence-corrected chi connectivity index (χ2v) is 16.0. The van der Waals surface area contributed by atoms with Crippen LogP contribution in [0.4, 0.5) is 0 Å². The highest BCUT2D eigenvalue weighted by Crippen LogP contribution is 2.44. The first-order valence-electron chi connectivity index (χ1n) is 11.7. The molecule has 3 rings (SSSR count). The van der Waals surface area contributed by atoms with Crippen molar-refractivity contribution in [2.24, 2.45) is 11.8 Å². The van der Waals surface area contributed by atoms with Crippen LogP contribution in [0, 0.1) is 11.8 Å². The van der Waals surface area contributed by atoms with Crippen molar-refractivity contribution in [2.75, 3.05) is 0 Å². The van der Waals surface area contributed by atoms with E-state index in [2.05, 4.69) is 39.2 Å². The molecule has 1 N–H and O–H groups in total. The fraction of sp³-hybridized carbons (Fsp3) is 0.870. The first kappa shape index (κ1) is 23.5. The van der Waals surface area contributed by atoms with E-state index in [1.54, 1.807) is 4.90 Å².